The van der Waals surface area contributed by atoms with Crippen LogP contribution in [0.25, 0.3) is 0 Å². The van der Waals surface area contributed by atoms with Gasteiger partial charge in [-0.05, 0) is 31.3 Å². The molecule has 1 aromatic heterocycles. The Morgan fingerprint density at radius 3 is 2.68 bits per heavy atom. The lowest BCUT2D eigenvalue weighted by molar-refractivity contribution is -0.137. The summed E-state index contributed by atoms with van der Waals surface area (Å²) < 4.78 is 22.9. The van der Waals surface area contributed by atoms with Gasteiger partial charge in [-0.2, -0.15) is 0 Å². The summed E-state index contributed by atoms with van der Waals surface area (Å²) in [4.78, 5) is 41.4. The zero-order chi connectivity index (χ0) is 21.2. The molecule has 136 valence electrons. The fourth-order valence-corrected chi connectivity index (χ4v) is 2.80. The minimum absolute atomic E-state index is 0.0212. The Balaban J connectivity index is 1.98. The summed E-state index contributed by atoms with van der Waals surface area (Å²) in [6.07, 6.45) is 0.895. The monoisotopic (exact) mass is 370 g/mol. The summed E-state index contributed by atoms with van der Waals surface area (Å²) in [7, 11) is 3.34. The van der Waals surface area contributed by atoms with Crippen LogP contribution in [0, 0.1) is 5.92 Å². The van der Waals surface area contributed by atoms with E-state index in [2.05, 4.69) is 15.6 Å². The number of nitrogens with zero attached hydrogens (tertiary/aromatic N) is 2. The second-order valence-electron chi connectivity index (χ2n) is 6.08. The van der Waals surface area contributed by atoms with Gasteiger partial charge in [0.1, 0.15) is 5.82 Å². The highest BCUT2D eigenvalue weighted by molar-refractivity contribution is 6.39. The van der Waals surface area contributed by atoms with Gasteiger partial charge in [0.25, 0.3) is 0 Å². The summed E-state index contributed by atoms with van der Waals surface area (Å²) in [6.45, 7) is 0. The number of carbonyl (C=O) groups excluding carboxylic acids is 3. The first-order valence-corrected chi connectivity index (χ1v) is 8.12. The number of hydrogen-bond acceptors (Lipinski definition) is 5. The maximum Gasteiger partial charge on any atom is 0.314 e. The van der Waals surface area contributed by atoms with Crippen molar-refractivity contribution in [1.29, 1.82) is 0 Å². The molecular weight excluding hydrogens is 346 g/mol. The second-order valence-corrected chi connectivity index (χ2v) is 6.45. The van der Waals surface area contributed by atoms with Crippen LogP contribution >= 0.6 is 11.6 Å². The first-order valence-electron chi connectivity index (χ1n) is 9.24. The molecule has 0 spiro atoms. The number of aromatic nitrogens is 1. The van der Waals surface area contributed by atoms with Crippen molar-refractivity contribution in [1.82, 2.24) is 15.2 Å². The van der Waals surface area contributed by atoms with Crippen LogP contribution in [0.3, 0.4) is 0 Å². The molecule has 1 aromatic rings. The van der Waals surface area contributed by atoms with Gasteiger partial charge in [-0.25, -0.2) is 4.98 Å². The smallest absolute Gasteiger partial charge is 0.314 e. The zero-order valence-electron chi connectivity index (χ0n) is 16.9. The van der Waals surface area contributed by atoms with Crippen molar-refractivity contribution in [2.24, 2.45) is 11.7 Å². The van der Waals surface area contributed by atoms with Gasteiger partial charge in [0.15, 0.2) is 0 Å². The van der Waals surface area contributed by atoms with Crippen molar-refractivity contribution < 1.29 is 18.5 Å². The predicted octanol–water partition coefficient (Wildman–Crippen LogP) is 0.374. The van der Waals surface area contributed by atoms with Crippen LogP contribution in [0.15, 0.2) is 18.3 Å². The van der Waals surface area contributed by atoms with Gasteiger partial charge < -0.3 is 21.3 Å². The van der Waals surface area contributed by atoms with Crippen LogP contribution in [0.1, 0.15) is 23.4 Å². The third-order valence-electron chi connectivity index (χ3n) is 4.00. The Bertz CT molecular complexity index is 808. The van der Waals surface area contributed by atoms with E-state index in [4.69, 9.17) is 21.4 Å². The van der Waals surface area contributed by atoms with Crippen molar-refractivity contribution in [2.45, 2.75) is 31.3 Å². The Morgan fingerprint density at radius 2 is 2.04 bits per heavy atom. The van der Waals surface area contributed by atoms with E-state index in [1.165, 1.54) is 4.90 Å². The molecule has 9 heteroatoms. The standard InChI is InChI=1S/C16H22ClN5O3/c1-22(2)16(25)9-3-5-12(11(18)7-9)20-14(23)15(24)21-13-6-4-10(17)8-19-13/h4,6,8-9,11-12H,3,5,7,18H2,1-2H3,(H,20,23)(H,19,21,24)/t9-,11+,12-/m0/s1/i4D,6D,8D. The maximum absolute atomic E-state index is 12.2. The zero-order valence-corrected chi connectivity index (χ0v) is 14.7. The minimum atomic E-state index is -1.10. The van der Waals surface area contributed by atoms with E-state index in [9.17, 15) is 14.4 Å². The molecule has 3 amide bonds. The van der Waals surface area contributed by atoms with Gasteiger partial charge in [0.2, 0.25) is 5.91 Å². The fourth-order valence-electron chi connectivity index (χ4n) is 2.71. The molecule has 0 radical (unpaired) electrons. The Kier molecular flexibility index (Phi) is 4.99. The minimum Gasteiger partial charge on any atom is -0.349 e. The van der Waals surface area contributed by atoms with Gasteiger partial charge in [0, 0.05) is 38.3 Å². The second kappa shape index (κ2) is 8.26. The lowest BCUT2D eigenvalue weighted by atomic mass is 9.82. The maximum atomic E-state index is 12.2. The Labute approximate surface area is 155 Å². The van der Waals surface area contributed by atoms with E-state index in [1.807, 2.05) is 0 Å². The molecule has 25 heavy (non-hydrogen) atoms. The average Bonchev–Trinajstić information content (AvgIpc) is 2.64. The summed E-state index contributed by atoms with van der Waals surface area (Å²) in [5, 5.41) is 4.33. The molecule has 0 saturated heterocycles. The van der Waals surface area contributed by atoms with Crippen LogP contribution < -0.4 is 16.4 Å². The number of pyridine rings is 1. The molecular formula is C16H22ClN5O3. The van der Waals surface area contributed by atoms with E-state index in [-0.39, 0.29) is 16.8 Å². The lowest BCUT2D eigenvalue weighted by Crippen LogP contribution is -2.54. The molecule has 1 heterocycles. The van der Waals surface area contributed by atoms with E-state index in [1.54, 1.807) is 14.1 Å². The number of halogens is 1. The van der Waals surface area contributed by atoms with Crippen LogP contribution in [-0.2, 0) is 14.4 Å². The molecule has 1 saturated carbocycles. The highest BCUT2D eigenvalue weighted by Gasteiger charge is 2.34. The summed E-state index contributed by atoms with van der Waals surface area (Å²) >= 11 is 5.66. The summed E-state index contributed by atoms with van der Waals surface area (Å²) in [5.74, 6) is -2.72. The number of amides is 3. The SMILES string of the molecule is [2H]c1nc(NC(=O)C(=O)N[C@H]2CC[C@H](C(=O)N(C)C)C[C@H]2N)c([2H])c([2H])c1Cl. The average molecular weight is 371 g/mol. The Morgan fingerprint density at radius 1 is 1.32 bits per heavy atom. The highest BCUT2D eigenvalue weighted by atomic mass is 35.5. The van der Waals surface area contributed by atoms with Crippen molar-refractivity contribution >= 4 is 35.1 Å². The number of carbonyl (C=O) groups is 3. The van der Waals surface area contributed by atoms with Crippen molar-refractivity contribution in [3.63, 3.8) is 0 Å². The quantitative estimate of drug-likeness (QED) is 0.664. The first kappa shape index (κ1) is 15.1. The van der Waals surface area contributed by atoms with E-state index in [0.717, 1.165) is 0 Å². The molecule has 8 nitrogen and oxygen atoms in total. The van der Waals surface area contributed by atoms with Gasteiger partial charge in [0.05, 0.1) is 9.13 Å². The number of nitrogens with two attached hydrogens (primary N) is 1. The molecule has 1 fully saturated rings. The third-order valence-corrected chi connectivity index (χ3v) is 4.18. The molecule has 3 atom stereocenters. The van der Waals surface area contributed by atoms with Crippen LogP contribution in [0.4, 0.5) is 5.82 Å². The largest absolute Gasteiger partial charge is 0.349 e. The molecule has 0 unspecified atom stereocenters. The van der Waals surface area contributed by atoms with E-state index >= 15 is 0 Å². The van der Waals surface area contributed by atoms with Crippen LogP contribution in [0.2, 0.25) is 5.02 Å². The van der Waals surface area contributed by atoms with E-state index < -0.39 is 48.0 Å². The number of rotatable bonds is 3. The molecule has 0 aromatic carbocycles. The summed E-state index contributed by atoms with van der Waals surface area (Å²) in [6, 6.07) is -1.93. The lowest BCUT2D eigenvalue weighted by Gasteiger charge is -2.34. The van der Waals surface area contributed by atoms with Crippen molar-refractivity contribution in [3.05, 3.63) is 23.3 Å². The van der Waals surface area contributed by atoms with E-state index in [0.29, 0.717) is 19.3 Å². The molecule has 4 N–H and O–H groups in total. The first-order chi connectivity index (χ1) is 13.0. The molecule has 1 aliphatic rings. The topological polar surface area (TPSA) is 117 Å². The third kappa shape index (κ3) is 5.14. The highest BCUT2D eigenvalue weighted by Crippen LogP contribution is 2.25. The molecule has 2 rings (SSSR count). The van der Waals surface area contributed by atoms with Crippen LogP contribution in [-0.4, -0.2) is 53.8 Å². The van der Waals surface area contributed by atoms with Crippen LogP contribution in [0.5, 0.6) is 0 Å². The molecule has 0 bridgehead atoms. The summed E-state index contributed by atoms with van der Waals surface area (Å²) in [5.41, 5.74) is 6.07. The van der Waals surface area contributed by atoms with Crippen molar-refractivity contribution in [2.75, 3.05) is 19.4 Å². The van der Waals surface area contributed by atoms with Crippen molar-refractivity contribution in [3.8, 4) is 0 Å². The molecule has 1 aliphatic carbocycles. The number of hydrogen-bond donors (Lipinski definition) is 3. The van der Waals surface area contributed by atoms with Gasteiger partial charge >= 0.3 is 11.8 Å². The number of nitrogens with one attached hydrogen (secondary N) is 2. The Hall–Kier alpha value is -2.19. The van der Waals surface area contributed by atoms with Gasteiger partial charge in [-0.3, -0.25) is 14.4 Å². The normalized spacial score (nSPS) is 24.5. The number of anilines is 1. The predicted molar refractivity (Wildman–Crippen MR) is 93.8 cm³/mol. The van der Waals surface area contributed by atoms with Gasteiger partial charge in [-0.15, -0.1) is 0 Å². The fraction of sp³-hybridized carbons (Fsp3) is 0.500. The van der Waals surface area contributed by atoms with Gasteiger partial charge in [-0.1, -0.05) is 11.6 Å². The molecule has 0 aliphatic heterocycles.